The molecule has 1 aromatic rings. The van der Waals surface area contributed by atoms with Crippen molar-refractivity contribution in [3.05, 3.63) is 29.3 Å². The highest BCUT2D eigenvalue weighted by molar-refractivity contribution is 7.77. The zero-order valence-electron chi connectivity index (χ0n) is 17.7. The molecule has 0 aliphatic heterocycles. The minimum absolute atomic E-state index is 0.0402. The Labute approximate surface area is 151 Å². The smallest absolute Gasteiger partial charge is 0.175 e. The third kappa shape index (κ3) is 5.57. The van der Waals surface area contributed by atoms with E-state index in [2.05, 4.69) is 87.4 Å². The highest BCUT2D eigenvalue weighted by Crippen LogP contribution is 2.57. The van der Waals surface area contributed by atoms with Gasteiger partial charge in [0, 0.05) is 5.56 Å². The van der Waals surface area contributed by atoms with Gasteiger partial charge >= 0.3 is 0 Å². The van der Waals surface area contributed by atoms with E-state index in [4.69, 9.17) is 0 Å². The SMILES string of the molecule is CC(C)C[P+](O)(CC(C)C)c1ccc(C(C)(C)C)cc1C(C)(C)C. The first-order chi connectivity index (χ1) is 10.7. The summed E-state index contributed by atoms with van der Waals surface area (Å²) in [5.41, 5.74) is 2.87. The molecule has 1 N–H and O–H groups in total. The van der Waals surface area contributed by atoms with Crippen molar-refractivity contribution in [3.63, 3.8) is 0 Å². The van der Waals surface area contributed by atoms with Crippen LogP contribution in [0.1, 0.15) is 80.4 Å². The molecule has 0 spiro atoms. The van der Waals surface area contributed by atoms with Crippen LogP contribution in [0.15, 0.2) is 18.2 Å². The average molecular weight is 352 g/mol. The maximum Gasteiger partial charge on any atom is 0.175 e. The van der Waals surface area contributed by atoms with E-state index in [0.717, 1.165) is 12.3 Å². The van der Waals surface area contributed by atoms with Gasteiger partial charge in [-0.05, 0) is 34.3 Å². The second-order valence-electron chi connectivity index (χ2n) is 10.3. The minimum atomic E-state index is -2.14. The summed E-state index contributed by atoms with van der Waals surface area (Å²) >= 11 is 0. The molecule has 0 radical (unpaired) electrons. The molecule has 0 unspecified atom stereocenters. The Morgan fingerprint density at radius 2 is 1.29 bits per heavy atom. The Balaban J connectivity index is 3.58. The van der Waals surface area contributed by atoms with Gasteiger partial charge in [0.15, 0.2) is 7.49 Å². The van der Waals surface area contributed by atoms with E-state index in [1.165, 1.54) is 16.4 Å². The van der Waals surface area contributed by atoms with Crippen molar-refractivity contribution in [2.75, 3.05) is 12.3 Å². The van der Waals surface area contributed by atoms with E-state index in [0.29, 0.717) is 11.8 Å². The summed E-state index contributed by atoms with van der Waals surface area (Å²) in [6.45, 7) is 22.5. The molecule has 0 atom stereocenters. The molecule has 1 rings (SSSR count). The molecule has 0 aliphatic carbocycles. The topological polar surface area (TPSA) is 20.2 Å². The quantitative estimate of drug-likeness (QED) is 0.631. The normalized spacial score (nSPS) is 13.9. The Hall–Kier alpha value is -0.390. The van der Waals surface area contributed by atoms with E-state index < -0.39 is 7.49 Å². The molecule has 0 fully saturated rings. The number of hydrogen-bond acceptors (Lipinski definition) is 1. The molecule has 0 amide bonds. The van der Waals surface area contributed by atoms with Gasteiger partial charge in [0.2, 0.25) is 0 Å². The first-order valence-corrected chi connectivity index (χ1v) is 11.5. The van der Waals surface area contributed by atoms with E-state index >= 15 is 0 Å². The molecule has 138 valence electrons. The lowest BCUT2D eigenvalue weighted by molar-refractivity contribution is 0.558. The molecule has 1 nitrogen and oxygen atoms in total. The average Bonchev–Trinajstić information content (AvgIpc) is 2.33. The van der Waals surface area contributed by atoms with Gasteiger partial charge in [0.1, 0.15) is 5.30 Å². The van der Waals surface area contributed by atoms with Gasteiger partial charge in [-0.25, -0.2) is 4.89 Å². The predicted octanol–water partition coefficient (Wildman–Crippen LogP) is 6.14. The second-order valence-corrected chi connectivity index (χ2v) is 13.4. The lowest BCUT2D eigenvalue weighted by Gasteiger charge is -2.31. The summed E-state index contributed by atoms with van der Waals surface area (Å²) in [4.78, 5) is 11.8. The lowest BCUT2D eigenvalue weighted by Crippen LogP contribution is -2.31. The number of benzene rings is 1. The summed E-state index contributed by atoms with van der Waals surface area (Å²) in [7, 11) is -2.14. The first-order valence-electron chi connectivity index (χ1n) is 9.42. The van der Waals surface area contributed by atoms with Crippen LogP contribution in [-0.2, 0) is 10.8 Å². The van der Waals surface area contributed by atoms with Gasteiger partial charge in [0.25, 0.3) is 0 Å². The minimum Gasteiger partial charge on any atom is -0.246 e. The first kappa shape index (κ1) is 21.7. The van der Waals surface area contributed by atoms with Gasteiger partial charge in [-0.15, -0.1) is 0 Å². The maximum absolute atomic E-state index is 11.8. The standard InChI is InChI=1S/C22H40OP/c1-16(2)14-24(23,15-17(3)4)20-12-11-18(21(5,6)7)13-19(20)22(8,9)10/h11-13,16-17,23H,14-15H2,1-10H3/q+1. The summed E-state index contributed by atoms with van der Waals surface area (Å²) in [6, 6.07) is 6.86. The van der Waals surface area contributed by atoms with Crippen molar-refractivity contribution in [2.24, 2.45) is 11.8 Å². The Bertz CT molecular complexity index is 534. The van der Waals surface area contributed by atoms with E-state index in [1.807, 2.05) is 0 Å². The van der Waals surface area contributed by atoms with Crippen molar-refractivity contribution in [1.29, 1.82) is 0 Å². The van der Waals surface area contributed by atoms with Gasteiger partial charge in [-0.2, -0.15) is 0 Å². The van der Waals surface area contributed by atoms with Crippen LogP contribution in [0.5, 0.6) is 0 Å². The predicted molar refractivity (Wildman–Crippen MR) is 112 cm³/mol. The van der Waals surface area contributed by atoms with Gasteiger partial charge < -0.3 is 0 Å². The van der Waals surface area contributed by atoms with Gasteiger partial charge in [-0.1, -0.05) is 81.4 Å². The fraction of sp³-hybridized carbons (Fsp3) is 0.727. The van der Waals surface area contributed by atoms with Gasteiger partial charge in [0.05, 0.1) is 12.3 Å². The molecule has 0 saturated heterocycles. The van der Waals surface area contributed by atoms with E-state index in [1.54, 1.807) is 0 Å². The van der Waals surface area contributed by atoms with Crippen LogP contribution in [0.4, 0.5) is 0 Å². The van der Waals surface area contributed by atoms with Crippen LogP contribution in [0.25, 0.3) is 0 Å². The molecular formula is C22H40OP+. The highest BCUT2D eigenvalue weighted by atomic mass is 31.2. The van der Waals surface area contributed by atoms with Crippen LogP contribution in [0, 0.1) is 11.8 Å². The molecule has 0 aromatic heterocycles. The lowest BCUT2D eigenvalue weighted by atomic mass is 9.81. The largest absolute Gasteiger partial charge is 0.246 e. The third-order valence-corrected chi connectivity index (χ3v) is 8.41. The molecule has 0 aliphatic rings. The number of rotatable bonds is 5. The van der Waals surface area contributed by atoms with Crippen molar-refractivity contribution in [3.8, 4) is 0 Å². The van der Waals surface area contributed by atoms with Crippen LogP contribution in [0.2, 0.25) is 0 Å². The Kier molecular flexibility index (Phi) is 6.73. The zero-order valence-corrected chi connectivity index (χ0v) is 18.6. The van der Waals surface area contributed by atoms with E-state index in [9.17, 15) is 4.89 Å². The molecule has 0 bridgehead atoms. The molecule has 1 aromatic carbocycles. The second kappa shape index (κ2) is 7.46. The fourth-order valence-corrected chi connectivity index (χ4v) is 7.60. The molecule has 24 heavy (non-hydrogen) atoms. The summed E-state index contributed by atoms with van der Waals surface area (Å²) in [5.74, 6) is 1.02. The maximum atomic E-state index is 11.8. The third-order valence-electron chi connectivity index (χ3n) is 4.45. The molecule has 2 heteroatoms. The van der Waals surface area contributed by atoms with Gasteiger partial charge in [-0.3, -0.25) is 0 Å². The Morgan fingerprint density at radius 3 is 1.62 bits per heavy atom. The van der Waals surface area contributed by atoms with Crippen LogP contribution in [0.3, 0.4) is 0 Å². The summed E-state index contributed by atoms with van der Waals surface area (Å²) in [6.07, 6.45) is 1.84. The highest BCUT2D eigenvalue weighted by Gasteiger charge is 2.43. The fourth-order valence-electron chi connectivity index (χ4n) is 3.45. The van der Waals surface area contributed by atoms with Crippen LogP contribution < -0.4 is 5.30 Å². The monoisotopic (exact) mass is 351 g/mol. The molecular weight excluding hydrogens is 311 g/mol. The Morgan fingerprint density at radius 1 is 0.833 bits per heavy atom. The summed E-state index contributed by atoms with van der Waals surface area (Å²) in [5, 5.41) is 1.24. The van der Waals surface area contributed by atoms with Crippen molar-refractivity contribution in [1.82, 2.24) is 0 Å². The van der Waals surface area contributed by atoms with E-state index in [-0.39, 0.29) is 10.8 Å². The van der Waals surface area contributed by atoms with Crippen molar-refractivity contribution in [2.45, 2.75) is 80.1 Å². The summed E-state index contributed by atoms with van der Waals surface area (Å²) < 4.78 is 0. The van der Waals surface area contributed by atoms with Crippen LogP contribution in [-0.4, -0.2) is 17.2 Å². The molecule has 0 saturated carbocycles. The van der Waals surface area contributed by atoms with Crippen LogP contribution >= 0.6 is 7.49 Å². The van der Waals surface area contributed by atoms with Crippen molar-refractivity contribution >= 4 is 12.8 Å². The zero-order chi connectivity index (χ0) is 18.9. The molecule has 0 heterocycles. The number of hydrogen-bond donors (Lipinski definition) is 1. The van der Waals surface area contributed by atoms with Crippen molar-refractivity contribution < 1.29 is 4.89 Å².